The van der Waals surface area contributed by atoms with Gasteiger partial charge in [-0.15, -0.1) is 0 Å². The summed E-state index contributed by atoms with van der Waals surface area (Å²) in [5, 5.41) is 0.553. The minimum Gasteiger partial charge on any atom is -0.498 e. The number of carbonyl (C=O) groups excluding carboxylic acids is 1. The molecule has 1 aromatic carbocycles. The van der Waals surface area contributed by atoms with Gasteiger partial charge in [0.2, 0.25) is 0 Å². The molecule has 0 amide bonds. The number of fused-ring (bicyclic) bond motifs is 1. The SMILES string of the molecule is C=COCCOC(=O)c1cnc2ccc(F)cc2c1. The van der Waals surface area contributed by atoms with Crippen molar-refractivity contribution < 1.29 is 18.7 Å². The first-order chi connectivity index (χ1) is 9.20. The molecule has 0 fully saturated rings. The molecule has 0 N–H and O–H groups in total. The Morgan fingerprint density at radius 2 is 2.21 bits per heavy atom. The van der Waals surface area contributed by atoms with Gasteiger partial charge >= 0.3 is 5.97 Å². The van der Waals surface area contributed by atoms with Crippen LogP contribution in [0.15, 0.2) is 43.3 Å². The van der Waals surface area contributed by atoms with Crippen LogP contribution in [0, 0.1) is 5.82 Å². The first kappa shape index (κ1) is 13.0. The van der Waals surface area contributed by atoms with E-state index in [0.29, 0.717) is 10.9 Å². The Labute approximate surface area is 109 Å². The molecular weight excluding hydrogens is 249 g/mol. The molecule has 2 aromatic rings. The smallest absolute Gasteiger partial charge is 0.339 e. The third-order valence-corrected chi connectivity index (χ3v) is 2.43. The Morgan fingerprint density at radius 3 is 3.00 bits per heavy atom. The number of rotatable bonds is 5. The van der Waals surface area contributed by atoms with Crippen LogP contribution in [0.1, 0.15) is 10.4 Å². The van der Waals surface area contributed by atoms with Crippen molar-refractivity contribution in [2.45, 2.75) is 0 Å². The van der Waals surface area contributed by atoms with Crippen LogP contribution in [-0.2, 0) is 9.47 Å². The van der Waals surface area contributed by atoms with Gasteiger partial charge in [0.15, 0.2) is 0 Å². The first-order valence-corrected chi connectivity index (χ1v) is 5.65. The van der Waals surface area contributed by atoms with Crippen molar-refractivity contribution in [3.05, 3.63) is 54.7 Å². The molecule has 5 heteroatoms. The average Bonchev–Trinajstić information content (AvgIpc) is 2.42. The maximum absolute atomic E-state index is 13.1. The highest BCUT2D eigenvalue weighted by Crippen LogP contribution is 2.15. The van der Waals surface area contributed by atoms with Crippen molar-refractivity contribution in [2.75, 3.05) is 13.2 Å². The monoisotopic (exact) mass is 261 g/mol. The first-order valence-electron chi connectivity index (χ1n) is 5.65. The van der Waals surface area contributed by atoms with Crippen molar-refractivity contribution in [3.8, 4) is 0 Å². The Bertz CT molecular complexity index is 613. The van der Waals surface area contributed by atoms with Gasteiger partial charge in [0.1, 0.15) is 19.0 Å². The molecule has 1 heterocycles. The normalized spacial score (nSPS) is 10.2. The summed E-state index contributed by atoms with van der Waals surface area (Å²) in [6.07, 6.45) is 2.67. The Hall–Kier alpha value is -2.43. The molecule has 0 aliphatic heterocycles. The van der Waals surface area contributed by atoms with E-state index < -0.39 is 5.97 Å². The topological polar surface area (TPSA) is 48.4 Å². The summed E-state index contributed by atoms with van der Waals surface area (Å²) in [5.74, 6) is -0.898. The minimum absolute atomic E-state index is 0.117. The Balaban J connectivity index is 2.11. The zero-order valence-corrected chi connectivity index (χ0v) is 10.1. The number of halogens is 1. The number of pyridine rings is 1. The van der Waals surface area contributed by atoms with E-state index in [9.17, 15) is 9.18 Å². The summed E-state index contributed by atoms with van der Waals surface area (Å²) in [6.45, 7) is 3.73. The highest BCUT2D eigenvalue weighted by molar-refractivity contribution is 5.93. The van der Waals surface area contributed by atoms with Gasteiger partial charge in [0.25, 0.3) is 0 Å². The highest BCUT2D eigenvalue weighted by Gasteiger charge is 2.09. The summed E-state index contributed by atoms with van der Waals surface area (Å²) in [5.41, 5.74) is 0.893. The summed E-state index contributed by atoms with van der Waals surface area (Å²) < 4.78 is 22.9. The molecule has 0 saturated heterocycles. The fourth-order valence-corrected chi connectivity index (χ4v) is 1.56. The molecule has 0 atom stereocenters. The lowest BCUT2D eigenvalue weighted by atomic mass is 10.1. The van der Waals surface area contributed by atoms with Gasteiger partial charge in [-0.3, -0.25) is 4.98 Å². The van der Waals surface area contributed by atoms with Crippen LogP contribution >= 0.6 is 0 Å². The molecule has 19 heavy (non-hydrogen) atoms. The zero-order valence-electron chi connectivity index (χ0n) is 10.1. The molecule has 0 aliphatic rings. The number of aromatic nitrogens is 1. The predicted octanol–water partition coefficient (Wildman–Crippen LogP) is 2.69. The number of ether oxygens (including phenoxy) is 2. The van der Waals surface area contributed by atoms with Gasteiger partial charge in [-0.05, 0) is 24.3 Å². The van der Waals surface area contributed by atoms with Gasteiger partial charge < -0.3 is 9.47 Å². The van der Waals surface area contributed by atoms with Crippen LogP contribution in [0.5, 0.6) is 0 Å². The number of esters is 1. The van der Waals surface area contributed by atoms with E-state index in [1.54, 1.807) is 12.1 Å². The maximum Gasteiger partial charge on any atom is 0.339 e. The van der Waals surface area contributed by atoms with Gasteiger partial charge in [-0.2, -0.15) is 0 Å². The molecule has 0 unspecified atom stereocenters. The second-order valence-corrected chi connectivity index (χ2v) is 3.73. The number of hydrogen-bond donors (Lipinski definition) is 0. The minimum atomic E-state index is -0.522. The van der Waals surface area contributed by atoms with Crippen molar-refractivity contribution >= 4 is 16.9 Å². The fourth-order valence-electron chi connectivity index (χ4n) is 1.56. The summed E-state index contributed by atoms with van der Waals surface area (Å²) in [6, 6.07) is 5.74. The predicted molar refractivity (Wildman–Crippen MR) is 68.1 cm³/mol. The van der Waals surface area contributed by atoms with Crippen molar-refractivity contribution in [1.82, 2.24) is 4.98 Å². The third kappa shape index (κ3) is 3.28. The fraction of sp³-hybridized carbons (Fsp3) is 0.143. The van der Waals surface area contributed by atoms with E-state index >= 15 is 0 Å². The Morgan fingerprint density at radius 1 is 1.37 bits per heavy atom. The standard InChI is InChI=1S/C14H12FNO3/c1-2-18-5-6-19-14(17)11-7-10-8-12(15)3-4-13(10)16-9-11/h2-4,7-9H,1,5-6H2. The van der Waals surface area contributed by atoms with Crippen LogP contribution in [-0.4, -0.2) is 24.2 Å². The molecule has 0 saturated carbocycles. The molecule has 0 radical (unpaired) electrons. The quantitative estimate of drug-likeness (QED) is 0.471. The van der Waals surface area contributed by atoms with E-state index in [-0.39, 0.29) is 24.6 Å². The average molecular weight is 261 g/mol. The van der Waals surface area contributed by atoms with Crippen LogP contribution in [0.3, 0.4) is 0 Å². The molecule has 0 spiro atoms. The van der Waals surface area contributed by atoms with Crippen molar-refractivity contribution in [2.24, 2.45) is 0 Å². The van der Waals surface area contributed by atoms with Crippen molar-refractivity contribution in [3.63, 3.8) is 0 Å². The van der Waals surface area contributed by atoms with Gasteiger partial charge in [-0.1, -0.05) is 6.58 Å². The summed E-state index contributed by atoms with van der Waals surface area (Å²) >= 11 is 0. The molecule has 2 rings (SSSR count). The Kier molecular flexibility index (Phi) is 4.07. The number of hydrogen-bond acceptors (Lipinski definition) is 4. The molecule has 1 aromatic heterocycles. The second-order valence-electron chi connectivity index (χ2n) is 3.73. The lowest BCUT2D eigenvalue weighted by molar-refractivity contribution is 0.0421. The van der Waals surface area contributed by atoms with Crippen LogP contribution in [0.4, 0.5) is 4.39 Å². The van der Waals surface area contributed by atoms with E-state index in [2.05, 4.69) is 11.6 Å². The van der Waals surface area contributed by atoms with Crippen LogP contribution < -0.4 is 0 Å². The molecule has 98 valence electrons. The van der Waals surface area contributed by atoms with E-state index in [1.807, 2.05) is 0 Å². The molecule has 0 aliphatic carbocycles. The van der Waals surface area contributed by atoms with Gasteiger partial charge in [0, 0.05) is 11.6 Å². The number of carbonyl (C=O) groups is 1. The summed E-state index contributed by atoms with van der Waals surface area (Å²) in [4.78, 5) is 15.8. The lowest BCUT2D eigenvalue weighted by Gasteiger charge is -2.05. The second kappa shape index (κ2) is 5.95. The molecular formula is C14H12FNO3. The largest absolute Gasteiger partial charge is 0.498 e. The number of nitrogens with zero attached hydrogens (tertiary/aromatic N) is 1. The highest BCUT2D eigenvalue weighted by atomic mass is 19.1. The van der Waals surface area contributed by atoms with Crippen molar-refractivity contribution in [1.29, 1.82) is 0 Å². The summed E-state index contributed by atoms with van der Waals surface area (Å²) in [7, 11) is 0. The van der Waals surface area contributed by atoms with E-state index in [1.165, 1.54) is 24.6 Å². The number of benzene rings is 1. The van der Waals surface area contributed by atoms with Gasteiger partial charge in [0.05, 0.1) is 17.3 Å². The molecule has 4 nitrogen and oxygen atoms in total. The lowest BCUT2D eigenvalue weighted by Crippen LogP contribution is -2.10. The van der Waals surface area contributed by atoms with E-state index in [4.69, 9.17) is 9.47 Å². The van der Waals surface area contributed by atoms with Crippen LogP contribution in [0.25, 0.3) is 10.9 Å². The zero-order chi connectivity index (χ0) is 13.7. The van der Waals surface area contributed by atoms with E-state index in [0.717, 1.165) is 0 Å². The third-order valence-electron chi connectivity index (χ3n) is 2.43. The van der Waals surface area contributed by atoms with Crippen LogP contribution in [0.2, 0.25) is 0 Å². The maximum atomic E-state index is 13.1. The molecule has 0 bridgehead atoms. The van der Waals surface area contributed by atoms with Gasteiger partial charge in [-0.25, -0.2) is 9.18 Å².